The van der Waals surface area contributed by atoms with Crippen molar-refractivity contribution in [2.45, 2.75) is 20.4 Å². The molecule has 0 saturated heterocycles. The Morgan fingerprint density at radius 2 is 2.04 bits per heavy atom. The average Bonchev–Trinajstić information content (AvgIpc) is 2.58. The molecule has 2 aromatic carbocycles. The molecule has 1 amide bonds. The molecule has 128 valence electrons. The van der Waals surface area contributed by atoms with E-state index in [0.29, 0.717) is 22.3 Å². The van der Waals surface area contributed by atoms with Crippen molar-refractivity contribution < 1.29 is 9.53 Å². The molecule has 0 radical (unpaired) electrons. The quantitative estimate of drug-likeness (QED) is 0.794. The molecule has 0 fully saturated rings. The Labute approximate surface area is 145 Å². The molecular formula is C19H19N3O3. The Bertz CT molecular complexity index is 1010. The summed E-state index contributed by atoms with van der Waals surface area (Å²) in [5, 5.41) is 3.29. The zero-order valence-corrected chi connectivity index (χ0v) is 14.4. The molecule has 0 aliphatic rings. The van der Waals surface area contributed by atoms with Crippen molar-refractivity contribution >= 4 is 22.5 Å². The zero-order chi connectivity index (χ0) is 18.0. The summed E-state index contributed by atoms with van der Waals surface area (Å²) in [5.41, 5.74) is 2.92. The van der Waals surface area contributed by atoms with Gasteiger partial charge >= 0.3 is 0 Å². The Hall–Kier alpha value is -3.15. The first kappa shape index (κ1) is 16.7. The van der Waals surface area contributed by atoms with E-state index in [1.165, 1.54) is 10.9 Å². The largest absolute Gasteiger partial charge is 0.495 e. The highest BCUT2D eigenvalue weighted by Gasteiger charge is 2.11. The lowest BCUT2D eigenvalue weighted by molar-refractivity contribution is -0.116. The minimum atomic E-state index is -0.320. The van der Waals surface area contributed by atoms with Gasteiger partial charge in [-0.25, -0.2) is 4.98 Å². The fourth-order valence-electron chi connectivity index (χ4n) is 2.71. The summed E-state index contributed by atoms with van der Waals surface area (Å²) in [6.07, 6.45) is 1.41. The van der Waals surface area contributed by atoms with Gasteiger partial charge in [-0.3, -0.25) is 14.2 Å². The number of carbonyl (C=O) groups is 1. The first-order valence-corrected chi connectivity index (χ1v) is 7.89. The van der Waals surface area contributed by atoms with Crippen molar-refractivity contribution in [3.05, 3.63) is 64.2 Å². The normalized spacial score (nSPS) is 10.7. The summed E-state index contributed by atoms with van der Waals surface area (Å²) < 4.78 is 6.56. The Morgan fingerprint density at radius 1 is 1.24 bits per heavy atom. The van der Waals surface area contributed by atoms with Gasteiger partial charge < -0.3 is 10.1 Å². The van der Waals surface area contributed by atoms with Crippen LogP contribution < -0.4 is 15.6 Å². The van der Waals surface area contributed by atoms with Crippen LogP contribution in [-0.4, -0.2) is 22.6 Å². The third kappa shape index (κ3) is 3.38. The van der Waals surface area contributed by atoms with Crippen molar-refractivity contribution in [1.82, 2.24) is 9.55 Å². The second kappa shape index (κ2) is 6.76. The lowest BCUT2D eigenvalue weighted by atomic mass is 10.1. The first-order valence-electron chi connectivity index (χ1n) is 7.89. The van der Waals surface area contributed by atoms with E-state index in [1.54, 1.807) is 19.2 Å². The number of nitrogens with zero attached hydrogens (tertiary/aromatic N) is 2. The van der Waals surface area contributed by atoms with Gasteiger partial charge in [-0.05, 0) is 43.2 Å². The number of hydrogen-bond acceptors (Lipinski definition) is 4. The summed E-state index contributed by atoms with van der Waals surface area (Å²) in [6, 6.07) is 10.9. The maximum absolute atomic E-state index is 12.6. The number of methoxy groups -OCH3 is 1. The van der Waals surface area contributed by atoms with E-state index in [-0.39, 0.29) is 18.0 Å². The summed E-state index contributed by atoms with van der Waals surface area (Å²) in [6.45, 7) is 3.71. The monoisotopic (exact) mass is 337 g/mol. The minimum Gasteiger partial charge on any atom is -0.495 e. The van der Waals surface area contributed by atoms with Gasteiger partial charge in [-0.1, -0.05) is 18.2 Å². The lowest BCUT2D eigenvalue weighted by Gasteiger charge is -2.12. The molecule has 0 saturated carbocycles. The molecule has 6 heteroatoms. The molecule has 0 bridgehead atoms. The van der Waals surface area contributed by atoms with Gasteiger partial charge in [0.25, 0.3) is 5.56 Å². The van der Waals surface area contributed by atoms with Crippen molar-refractivity contribution in [1.29, 1.82) is 0 Å². The number of aromatic nitrogens is 2. The van der Waals surface area contributed by atoms with E-state index >= 15 is 0 Å². The van der Waals surface area contributed by atoms with Gasteiger partial charge in [0.15, 0.2) is 0 Å². The molecule has 6 nitrogen and oxygen atoms in total. The van der Waals surface area contributed by atoms with Gasteiger partial charge in [0.05, 0.1) is 30.0 Å². The summed E-state index contributed by atoms with van der Waals surface area (Å²) in [5.74, 6) is 0.248. The number of ether oxygens (including phenoxy) is 1. The van der Waals surface area contributed by atoms with E-state index in [9.17, 15) is 9.59 Å². The van der Waals surface area contributed by atoms with Crippen molar-refractivity contribution in [2.24, 2.45) is 0 Å². The van der Waals surface area contributed by atoms with Gasteiger partial charge in [-0.15, -0.1) is 0 Å². The second-order valence-electron chi connectivity index (χ2n) is 5.90. The van der Waals surface area contributed by atoms with Crippen LogP contribution in [0.15, 0.2) is 47.5 Å². The van der Waals surface area contributed by atoms with E-state index < -0.39 is 0 Å². The Morgan fingerprint density at radius 3 is 2.80 bits per heavy atom. The predicted octanol–water partition coefficient (Wildman–Crippen LogP) is 2.66. The van der Waals surface area contributed by atoms with E-state index in [2.05, 4.69) is 10.3 Å². The second-order valence-corrected chi connectivity index (χ2v) is 5.90. The van der Waals surface area contributed by atoms with Gasteiger partial charge in [0, 0.05) is 0 Å². The van der Waals surface area contributed by atoms with Gasteiger partial charge in [-0.2, -0.15) is 0 Å². The number of para-hydroxylation sites is 1. The van der Waals surface area contributed by atoms with Gasteiger partial charge in [0.2, 0.25) is 5.91 Å². The number of amides is 1. The number of rotatable bonds is 4. The number of aryl methyl sites for hydroxylation is 2. The molecule has 3 rings (SSSR count). The van der Waals surface area contributed by atoms with E-state index in [0.717, 1.165) is 11.1 Å². The number of nitrogens with one attached hydrogen (secondary N) is 1. The summed E-state index contributed by atoms with van der Waals surface area (Å²) >= 11 is 0. The molecule has 3 aromatic rings. The average molecular weight is 337 g/mol. The molecule has 0 spiro atoms. The van der Waals surface area contributed by atoms with Crippen LogP contribution in [0.2, 0.25) is 0 Å². The highest BCUT2D eigenvalue weighted by atomic mass is 16.5. The fraction of sp³-hybridized carbons (Fsp3) is 0.211. The first-order chi connectivity index (χ1) is 12.0. The molecule has 0 unspecified atom stereocenters. The molecule has 25 heavy (non-hydrogen) atoms. The number of fused-ring (bicyclic) bond motifs is 1. The highest BCUT2D eigenvalue weighted by Crippen LogP contribution is 2.25. The molecule has 1 N–H and O–H groups in total. The third-order valence-electron chi connectivity index (χ3n) is 4.00. The Balaban J connectivity index is 1.87. The van der Waals surface area contributed by atoms with Crippen LogP contribution in [0.5, 0.6) is 5.75 Å². The number of anilines is 1. The Kier molecular flexibility index (Phi) is 4.52. The topological polar surface area (TPSA) is 73.2 Å². The smallest absolute Gasteiger partial charge is 0.261 e. The predicted molar refractivity (Wildman–Crippen MR) is 97.1 cm³/mol. The van der Waals surface area contributed by atoms with Crippen molar-refractivity contribution in [3.63, 3.8) is 0 Å². The van der Waals surface area contributed by atoms with Crippen molar-refractivity contribution in [2.75, 3.05) is 12.4 Å². The molecule has 0 aliphatic heterocycles. The maximum Gasteiger partial charge on any atom is 0.261 e. The van der Waals surface area contributed by atoms with Crippen LogP contribution in [-0.2, 0) is 11.3 Å². The molecule has 1 heterocycles. The third-order valence-corrected chi connectivity index (χ3v) is 4.00. The standard InChI is InChI=1S/C19H19N3O3/c1-12-7-8-16(25-3)15(9-12)21-17(23)10-22-11-20-18-13(2)5-4-6-14(18)19(22)24/h4-9,11H,10H2,1-3H3,(H,21,23). The fourth-order valence-corrected chi connectivity index (χ4v) is 2.71. The van der Waals surface area contributed by atoms with Crippen LogP contribution in [0, 0.1) is 13.8 Å². The van der Waals surface area contributed by atoms with Crippen LogP contribution in [0.1, 0.15) is 11.1 Å². The van der Waals surface area contributed by atoms with Crippen LogP contribution in [0.25, 0.3) is 10.9 Å². The summed E-state index contributed by atoms with van der Waals surface area (Å²) in [7, 11) is 1.54. The van der Waals surface area contributed by atoms with E-state index in [4.69, 9.17) is 4.74 Å². The zero-order valence-electron chi connectivity index (χ0n) is 14.4. The number of carbonyl (C=O) groups excluding carboxylic acids is 1. The van der Waals surface area contributed by atoms with Crippen molar-refractivity contribution in [3.8, 4) is 5.75 Å². The highest BCUT2D eigenvalue weighted by molar-refractivity contribution is 5.92. The lowest BCUT2D eigenvalue weighted by Crippen LogP contribution is -2.28. The molecule has 0 aliphatic carbocycles. The molecular weight excluding hydrogens is 318 g/mol. The molecule has 1 aromatic heterocycles. The van der Waals surface area contributed by atoms with Crippen LogP contribution in [0.4, 0.5) is 5.69 Å². The minimum absolute atomic E-state index is 0.118. The van der Waals surface area contributed by atoms with E-state index in [1.807, 2.05) is 38.1 Å². The summed E-state index contributed by atoms with van der Waals surface area (Å²) in [4.78, 5) is 29.2. The number of benzene rings is 2. The molecule has 0 atom stereocenters. The SMILES string of the molecule is COc1ccc(C)cc1NC(=O)Cn1cnc2c(C)cccc2c1=O. The maximum atomic E-state index is 12.6. The van der Waals surface area contributed by atoms with Crippen LogP contribution >= 0.6 is 0 Å². The van der Waals surface area contributed by atoms with Gasteiger partial charge in [0.1, 0.15) is 12.3 Å². The number of hydrogen-bond donors (Lipinski definition) is 1. The van der Waals surface area contributed by atoms with Crippen LogP contribution in [0.3, 0.4) is 0 Å².